The van der Waals surface area contributed by atoms with Crippen molar-refractivity contribution in [1.82, 2.24) is 0 Å². The molecule has 4 nitrogen and oxygen atoms in total. The summed E-state index contributed by atoms with van der Waals surface area (Å²) in [6.45, 7) is 5.67. The SMILES string of the molecule is COc1ccc(C(=O)c2cc(C(C(=O)O)C(C)(C)C)c(-c3ccc(Cl)cc3)s2)cc1. The van der Waals surface area contributed by atoms with Crippen LogP contribution in [0.4, 0.5) is 0 Å². The van der Waals surface area contributed by atoms with Gasteiger partial charge in [0, 0.05) is 15.5 Å². The molecule has 1 heterocycles. The maximum absolute atomic E-state index is 13.1. The van der Waals surface area contributed by atoms with Gasteiger partial charge in [-0.2, -0.15) is 0 Å². The molecule has 3 rings (SSSR count). The minimum Gasteiger partial charge on any atom is -0.497 e. The molecule has 0 aliphatic heterocycles. The summed E-state index contributed by atoms with van der Waals surface area (Å²) in [6, 6.07) is 15.8. The van der Waals surface area contributed by atoms with Gasteiger partial charge in [0.15, 0.2) is 0 Å². The van der Waals surface area contributed by atoms with Crippen LogP contribution < -0.4 is 4.74 Å². The molecular formula is C24H23ClO4S. The Morgan fingerprint density at radius 2 is 1.63 bits per heavy atom. The average Bonchev–Trinajstić information content (AvgIpc) is 3.11. The second-order valence-corrected chi connectivity index (χ2v) is 9.59. The second kappa shape index (κ2) is 8.62. The third kappa shape index (κ3) is 4.58. The first-order chi connectivity index (χ1) is 14.1. The lowest BCUT2D eigenvalue weighted by Crippen LogP contribution is -2.26. The van der Waals surface area contributed by atoms with Crippen LogP contribution in [-0.4, -0.2) is 24.0 Å². The van der Waals surface area contributed by atoms with E-state index in [1.807, 2.05) is 32.9 Å². The molecule has 1 aromatic heterocycles. The van der Waals surface area contributed by atoms with E-state index in [9.17, 15) is 14.7 Å². The predicted octanol–water partition coefficient (Wildman–Crippen LogP) is 6.52. The first-order valence-corrected chi connectivity index (χ1v) is 10.6. The number of benzene rings is 2. The van der Waals surface area contributed by atoms with Gasteiger partial charge in [-0.25, -0.2) is 0 Å². The summed E-state index contributed by atoms with van der Waals surface area (Å²) < 4.78 is 5.16. The van der Waals surface area contributed by atoms with Gasteiger partial charge in [-0.3, -0.25) is 9.59 Å². The van der Waals surface area contributed by atoms with E-state index in [1.54, 1.807) is 49.6 Å². The number of carbonyl (C=O) groups excluding carboxylic acids is 1. The van der Waals surface area contributed by atoms with E-state index in [0.717, 1.165) is 10.4 Å². The second-order valence-electron chi connectivity index (χ2n) is 8.10. The molecule has 0 spiro atoms. The van der Waals surface area contributed by atoms with Crippen molar-refractivity contribution in [3.8, 4) is 16.2 Å². The zero-order valence-electron chi connectivity index (χ0n) is 17.2. The quantitative estimate of drug-likeness (QED) is 0.441. The molecule has 1 unspecified atom stereocenters. The molecule has 2 aromatic carbocycles. The summed E-state index contributed by atoms with van der Waals surface area (Å²) >= 11 is 7.34. The van der Waals surface area contributed by atoms with Crippen molar-refractivity contribution in [2.24, 2.45) is 5.41 Å². The fourth-order valence-corrected chi connectivity index (χ4v) is 4.70. The molecule has 3 aromatic rings. The van der Waals surface area contributed by atoms with Gasteiger partial charge in [0.1, 0.15) is 5.75 Å². The Kier molecular flexibility index (Phi) is 6.34. The number of halogens is 1. The van der Waals surface area contributed by atoms with Gasteiger partial charge < -0.3 is 9.84 Å². The number of carboxylic acid groups (broad SMARTS) is 1. The van der Waals surface area contributed by atoms with Crippen LogP contribution in [0.3, 0.4) is 0 Å². The largest absolute Gasteiger partial charge is 0.497 e. The highest BCUT2D eigenvalue weighted by molar-refractivity contribution is 7.17. The summed E-state index contributed by atoms with van der Waals surface area (Å²) in [6.07, 6.45) is 0. The predicted molar refractivity (Wildman–Crippen MR) is 121 cm³/mol. The summed E-state index contributed by atoms with van der Waals surface area (Å²) in [5, 5.41) is 10.6. The lowest BCUT2D eigenvalue weighted by Gasteiger charge is -2.27. The van der Waals surface area contributed by atoms with Crippen molar-refractivity contribution >= 4 is 34.7 Å². The molecule has 0 saturated carbocycles. The Hall–Kier alpha value is -2.63. The Labute approximate surface area is 185 Å². The standard InChI is InChI=1S/C24H23ClO4S/c1-24(2,3)20(23(27)28)18-13-19(21(26)14-7-11-17(29-4)12-8-14)30-22(18)15-5-9-16(25)10-6-15/h5-13,20H,1-4H3,(H,27,28). The molecule has 6 heteroatoms. The normalized spacial score (nSPS) is 12.4. The summed E-state index contributed by atoms with van der Waals surface area (Å²) in [5.41, 5.74) is 1.46. The van der Waals surface area contributed by atoms with E-state index in [0.29, 0.717) is 26.8 Å². The van der Waals surface area contributed by atoms with Crippen molar-refractivity contribution in [2.45, 2.75) is 26.7 Å². The molecule has 0 aliphatic carbocycles. The number of aliphatic carboxylic acids is 1. The third-order valence-corrected chi connectivity index (χ3v) is 6.32. The minimum absolute atomic E-state index is 0.151. The van der Waals surface area contributed by atoms with Crippen LogP contribution >= 0.6 is 22.9 Å². The number of hydrogen-bond donors (Lipinski definition) is 1. The third-order valence-electron chi connectivity index (χ3n) is 4.87. The Morgan fingerprint density at radius 3 is 2.13 bits per heavy atom. The summed E-state index contributed by atoms with van der Waals surface area (Å²) in [7, 11) is 1.57. The van der Waals surface area contributed by atoms with E-state index in [4.69, 9.17) is 16.3 Å². The highest BCUT2D eigenvalue weighted by Gasteiger charge is 2.36. The van der Waals surface area contributed by atoms with Gasteiger partial charge in [0.25, 0.3) is 0 Å². The van der Waals surface area contributed by atoms with E-state index in [2.05, 4.69) is 0 Å². The molecule has 1 atom stereocenters. The molecule has 0 amide bonds. The lowest BCUT2D eigenvalue weighted by atomic mass is 9.76. The molecule has 1 N–H and O–H groups in total. The van der Waals surface area contributed by atoms with Crippen LogP contribution in [0.15, 0.2) is 54.6 Å². The number of rotatable bonds is 6. The number of ketones is 1. The van der Waals surface area contributed by atoms with Gasteiger partial charge in [0.2, 0.25) is 5.78 Å². The van der Waals surface area contributed by atoms with Crippen molar-refractivity contribution < 1.29 is 19.4 Å². The van der Waals surface area contributed by atoms with Crippen molar-refractivity contribution in [1.29, 1.82) is 0 Å². The van der Waals surface area contributed by atoms with Crippen LogP contribution in [0.25, 0.3) is 10.4 Å². The smallest absolute Gasteiger partial charge is 0.311 e. The average molecular weight is 443 g/mol. The number of carboxylic acids is 1. The first kappa shape index (κ1) is 22.1. The van der Waals surface area contributed by atoms with Gasteiger partial charge in [-0.05, 0) is 59.0 Å². The molecule has 0 fully saturated rings. The molecule has 0 radical (unpaired) electrons. The molecule has 156 valence electrons. The molecule has 0 bridgehead atoms. The molecule has 0 aliphatic rings. The maximum atomic E-state index is 13.1. The molecule has 30 heavy (non-hydrogen) atoms. The Bertz CT molecular complexity index is 1060. The highest BCUT2D eigenvalue weighted by Crippen LogP contribution is 2.44. The maximum Gasteiger partial charge on any atom is 0.311 e. The van der Waals surface area contributed by atoms with Crippen molar-refractivity contribution in [3.05, 3.63) is 75.6 Å². The van der Waals surface area contributed by atoms with E-state index in [-0.39, 0.29) is 5.78 Å². The monoisotopic (exact) mass is 442 g/mol. The Balaban J connectivity index is 2.14. The summed E-state index contributed by atoms with van der Waals surface area (Å²) in [4.78, 5) is 26.6. The molecular weight excluding hydrogens is 420 g/mol. The number of ether oxygens (including phenoxy) is 1. The fraction of sp³-hybridized carbons (Fsp3) is 0.250. The van der Waals surface area contributed by atoms with E-state index in [1.165, 1.54) is 11.3 Å². The highest BCUT2D eigenvalue weighted by atomic mass is 35.5. The van der Waals surface area contributed by atoms with Gasteiger partial charge >= 0.3 is 5.97 Å². The van der Waals surface area contributed by atoms with Crippen molar-refractivity contribution in [2.75, 3.05) is 7.11 Å². The summed E-state index contributed by atoms with van der Waals surface area (Å²) in [5.74, 6) is -1.17. The van der Waals surface area contributed by atoms with Crippen molar-refractivity contribution in [3.63, 3.8) is 0 Å². The zero-order chi connectivity index (χ0) is 22.1. The Morgan fingerprint density at radius 1 is 1.03 bits per heavy atom. The van der Waals surface area contributed by atoms with Crippen LogP contribution in [0.5, 0.6) is 5.75 Å². The van der Waals surface area contributed by atoms with Gasteiger partial charge in [-0.1, -0.05) is 44.5 Å². The fourth-order valence-electron chi connectivity index (χ4n) is 3.41. The van der Waals surface area contributed by atoms with Crippen LogP contribution in [0.2, 0.25) is 5.02 Å². The first-order valence-electron chi connectivity index (χ1n) is 9.43. The number of hydrogen-bond acceptors (Lipinski definition) is 4. The topological polar surface area (TPSA) is 63.6 Å². The molecule has 0 saturated heterocycles. The van der Waals surface area contributed by atoms with Gasteiger partial charge in [-0.15, -0.1) is 11.3 Å². The van der Waals surface area contributed by atoms with Gasteiger partial charge in [0.05, 0.1) is 17.9 Å². The zero-order valence-corrected chi connectivity index (χ0v) is 18.8. The number of thiophene rings is 1. The van der Waals surface area contributed by atoms with Crippen LogP contribution in [-0.2, 0) is 4.79 Å². The van der Waals surface area contributed by atoms with Crippen LogP contribution in [0.1, 0.15) is 47.5 Å². The number of methoxy groups -OCH3 is 1. The number of carbonyl (C=O) groups is 2. The van der Waals surface area contributed by atoms with E-state index < -0.39 is 17.3 Å². The van der Waals surface area contributed by atoms with Crippen LogP contribution in [0, 0.1) is 5.41 Å². The minimum atomic E-state index is -0.918. The van der Waals surface area contributed by atoms with E-state index >= 15 is 0 Å². The lowest BCUT2D eigenvalue weighted by molar-refractivity contribution is -0.141.